The number of allylic oxidation sites excluding steroid dienone is 6. The van der Waals surface area contributed by atoms with Crippen molar-refractivity contribution in [1.82, 2.24) is 0 Å². The van der Waals surface area contributed by atoms with Crippen molar-refractivity contribution in [3.05, 3.63) is 82.9 Å². The molecule has 1 aliphatic rings. The number of carbonyl (C=O) groups excluding carboxylic acids is 1. The number of fused-ring (bicyclic) bond motifs is 2. The molecule has 2 aromatic carbocycles. The lowest BCUT2D eigenvalue weighted by molar-refractivity contribution is -0.667. The van der Waals surface area contributed by atoms with E-state index in [1.165, 1.54) is 23.1 Å². The molecule has 0 saturated carbocycles. The molecular formula is C27H24N2O6S2. The molecule has 0 aliphatic carbocycles. The molecule has 8 nitrogen and oxygen atoms in total. The van der Waals surface area contributed by atoms with Gasteiger partial charge in [0.2, 0.25) is 5.52 Å². The molecule has 0 atom stereocenters. The fraction of sp³-hybridized carbons (Fsp3) is 0.148. The molecule has 1 aromatic heterocycles. The van der Waals surface area contributed by atoms with Crippen molar-refractivity contribution in [2.75, 3.05) is 11.4 Å². The maximum Gasteiger partial charge on any atom is 0.309 e. The Morgan fingerprint density at radius 2 is 1.70 bits per heavy atom. The monoisotopic (exact) mass is 536 g/mol. The largest absolute Gasteiger partial charge is 0.550 e. The Balaban J connectivity index is 1.46. The molecule has 3 N–H and O–H groups in total. The van der Waals surface area contributed by atoms with E-state index in [1.54, 1.807) is 30.3 Å². The third-order valence-corrected chi connectivity index (χ3v) is 7.70. The second kappa shape index (κ2) is 11.8. The van der Waals surface area contributed by atoms with E-state index in [2.05, 4.69) is 0 Å². The van der Waals surface area contributed by atoms with Crippen LogP contribution in [-0.2, 0) is 16.1 Å². The van der Waals surface area contributed by atoms with Crippen molar-refractivity contribution in [3.63, 3.8) is 0 Å². The highest BCUT2D eigenvalue weighted by molar-refractivity contribution is 8.03. The van der Waals surface area contributed by atoms with Gasteiger partial charge in [0.05, 0.1) is 16.8 Å². The van der Waals surface area contributed by atoms with Crippen molar-refractivity contribution < 1.29 is 34.6 Å². The lowest BCUT2D eigenvalue weighted by atomic mass is 10.2. The number of hydrogen-bond donors (Lipinski definition) is 3. The standard InChI is InChI=1S/C27H24N2O6S2/c30-18-8-10-22-20(16-18)28(14-12-26(32)33)24(36-22)6-4-2-1-3-5-7-25-29(15-13-27(34)35)21-17-19(31)9-11-23(21)37-25/h1-11,16-17H,12-15H2,(H3-,30,31,32,33,34,35). The molecule has 0 amide bonds. The Hall–Kier alpha value is -4.02. The van der Waals surface area contributed by atoms with Crippen LogP contribution in [-0.4, -0.2) is 33.8 Å². The fourth-order valence-corrected chi connectivity index (χ4v) is 5.93. The van der Waals surface area contributed by atoms with Crippen LogP contribution in [0, 0.1) is 0 Å². The molecular weight excluding hydrogens is 512 g/mol. The molecule has 1 aliphatic heterocycles. The zero-order chi connectivity index (χ0) is 26.4. The zero-order valence-corrected chi connectivity index (χ0v) is 21.2. The highest BCUT2D eigenvalue weighted by Crippen LogP contribution is 2.47. The maximum atomic E-state index is 11.1. The van der Waals surface area contributed by atoms with E-state index in [1.807, 2.05) is 58.1 Å². The van der Waals surface area contributed by atoms with Crippen LogP contribution in [0.4, 0.5) is 5.69 Å². The molecule has 4 rings (SSSR count). The van der Waals surface area contributed by atoms with Crippen LogP contribution in [0.15, 0.2) is 82.8 Å². The fourth-order valence-electron chi connectivity index (χ4n) is 3.77. The molecule has 3 aromatic rings. The number of thiazole rings is 1. The van der Waals surface area contributed by atoms with Crippen molar-refractivity contribution in [2.45, 2.75) is 24.3 Å². The minimum Gasteiger partial charge on any atom is -0.550 e. The highest BCUT2D eigenvalue weighted by atomic mass is 32.2. The van der Waals surface area contributed by atoms with Gasteiger partial charge in [0.25, 0.3) is 5.01 Å². The average molecular weight is 537 g/mol. The molecule has 37 heavy (non-hydrogen) atoms. The highest BCUT2D eigenvalue weighted by Gasteiger charge is 2.25. The van der Waals surface area contributed by atoms with Gasteiger partial charge in [-0.05, 0) is 30.3 Å². The first kappa shape index (κ1) is 26.1. The van der Waals surface area contributed by atoms with Gasteiger partial charge >= 0.3 is 5.97 Å². The Bertz CT molecular complexity index is 1450. The average Bonchev–Trinajstić information content (AvgIpc) is 3.37. The predicted octanol–water partition coefficient (Wildman–Crippen LogP) is 3.79. The number of aryl methyl sites for hydroxylation is 1. The van der Waals surface area contributed by atoms with Gasteiger partial charge in [0, 0.05) is 36.0 Å². The van der Waals surface area contributed by atoms with E-state index >= 15 is 0 Å². The number of nitrogens with zero attached hydrogens (tertiary/aromatic N) is 2. The molecule has 0 bridgehead atoms. The summed E-state index contributed by atoms with van der Waals surface area (Å²) in [5.74, 6) is -1.78. The number of aromatic hydroxyl groups is 2. The van der Waals surface area contributed by atoms with Crippen LogP contribution in [0.1, 0.15) is 17.8 Å². The number of phenols is 2. The number of anilines is 1. The van der Waals surface area contributed by atoms with E-state index in [9.17, 15) is 24.9 Å². The number of aromatic nitrogens is 1. The number of thioether (sulfide) groups is 1. The molecule has 0 spiro atoms. The first-order valence-corrected chi connectivity index (χ1v) is 13.0. The number of rotatable bonds is 10. The third kappa shape index (κ3) is 6.60. The van der Waals surface area contributed by atoms with E-state index in [-0.39, 0.29) is 30.9 Å². The summed E-state index contributed by atoms with van der Waals surface area (Å²) < 4.78 is 2.83. The van der Waals surface area contributed by atoms with E-state index in [0.717, 1.165) is 30.8 Å². The van der Waals surface area contributed by atoms with Crippen LogP contribution in [0.2, 0.25) is 0 Å². The predicted molar refractivity (Wildman–Crippen MR) is 142 cm³/mol. The molecule has 2 heterocycles. The van der Waals surface area contributed by atoms with Crippen molar-refractivity contribution in [1.29, 1.82) is 0 Å². The number of aliphatic carboxylic acids is 2. The lowest BCUT2D eigenvalue weighted by Gasteiger charge is -2.20. The molecule has 0 radical (unpaired) electrons. The summed E-state index contributed by atoms with van der Waals surface area (Å²) in [6.45, 7) is 0.529. The summed E-state index contributed by atoms with van der Waals surface area (Å²) in [5.41, 5.74) is 1.55. The number of carbonyl (C=O) groups is 2. The number of carboxylic acids is 2. The minimum absolute atomic E-state index is 0.0261. The van der Waals surface area contributed by atoms with Crippen molar-refractivity contribution in [2.24, 2.45) is 0 Å². The van der Waals surface area contributed by atoms with Crippen LogP contribution < -0.4 is 14.6 Å². The SMILES string of the molecule is O=C([O-])CCN1\C(=C/C=C/C=C/C=C/c2sc3ccc(O)cc3[n+]2CCC(=O)O)Sc2ccc(O)cc21. The summed E-state index contributed by atoms with van der Waals surface area (Å²) in [4.78, 5) is 24.8. The zero-order valence-electron chi connectivity index (χ0n) is 19.6. The van der Waals surface area contributed by atoms with Gasteiger partial charge in [-0.3, -0.25) is 4.79 Å². The van der Waals surface area contributed by atoms with E-state index in [0.29, 0.717) is 6.54 Å². The van der Waals surface area contributed by atoms with Gasteiger partial charge in [-0.25, -0.2) is 0 Å². The Morgan fingerprint density at radius 3 is 2.49 bits per heavy atom. The van der Waals surface area contributed by atoms with Gasteiger partial charge in [-0.2, -0.15) is 4.57 Å². The Kier molecular flexibility index (Phi) is 8.32. The van der Waals surface area contributed by atoms with E-state index < -0.39 is 11.9 Å². The first-order chi connectivity index (χ1) is 17.8. The summed E-state index contributed by atoms with van der Waals surface area (Å²) in [6.07, 6.45) is 12.9. The first-order valence-electron chi connectivity index (χ1n) is 11.4. The second-order valence-electron chi connectivity index (χ2n) is 8.05. The maximum absolute atomic E-state index is 11.1. The summed E-state index contributed by atoms with van der Waals surface area (Å²) in [5, 5.41) is 41.4. The Labute approximate surface area is 221 Å². The van der Waals surface area contributed by atoms with Crippen LogP contribution in [0.3, 0.4) is 0 Å². The molecule has 0 fully saturated rings. The molecule has 190 valence electrons. The molecule has 10 heteroatoms. The summed E-state index contributed by atoms with van der Waals surface area (Å²) >= 11 is 3.00. The third-order valence-electron chi connectivity index (χ3n) is 5.44. The van der Waals surface area contributed by atoms with Gasteiger partial charge in [-0.15, -0.1) is 0 Å². The second-order valence-corrected chi connectivity index (χ2v) is 10.2. The van der Waals surface area contributed by atoms with Crippen LogP contribution in [0.5, 0.6) is 11.5 Å². The molecule has 0 saturated heterocycles. The summed E-state index contributed by atoms with van der Waals surface area (Å²) in [6, 6.07) is 10.1. The smallest absolute Gasteiger partial charge is 0.309 e. The minimum atomic E-state index is -1.14. The summed E-state index contributed by atoms with van der Waals surface area (Å²) in [7, 11) is 0. The number of benzene rings is 2. The quantitative estimate of drug-likeness (QED) is 0.264. The van der Waals surface area contributed by atoms with Crippen molar-refractivity contribution in [3.8, 4) is 11.5 Å². The Morgan fingerprint density at radius 1 is 0.973 bits per heavy atom. The number of carboxylic acid groups (broad SMARTS) is 2. The number of hydrogen-bond acceptors (Lipinski definition) is 8. The van der Waals surface area contributed by atoms with Crippen LogP contribution in [0.25, 0.3) is 16.3 Å². The lowest BCUT2D eigenvalue weighted by Crippen LogP contribution is -2.36. The van der Waals surface area contributed by atoms with E-state index in [4.69, 9.17) is 5.11 Å². The van der Waals surface area contributed by atoms with Gasteiger partial charge in [0.1, 0.15) is 22.6 Å². The van der Waals surface area contributed by atoms with Gasteiger partial charge in [0.15, 0.2) is 6.54 Å². The topological polar surface area (TPSA) is 125 Å². The van der Waals surface area contributed by atoms with Crippen LogP contribution >= 0.6 is 23.1 Å². The van der Waals surface area contributed by atoms with Crippen molar-refractivity contribution >= 4 is 57.0 Å². The molecule has 0 unspecified atom stereocenters. The van der Waals surface area contributed by atoms with Gasteiger partial charge < -0.3 is 30.1 Å². The normalized spacial score (nSPS) is 14.6. The van der Waals surface area contributed by atoms with Gasteiger partial charge in [-0.1, -0.05) is 53.5 Å². The number of phenolic OH excluding ortho intramolecular Hbond substituents is 2.